The van der Waals surface area contributed by atoms with Crippen molar-refractivity contribution in [3.05, 3.63) is 41.5 Å². The van der Waals surface area contributed by atoms with Crippen LogP contribution in [0.5, 0.6) is 0 Å². The largest absolute Gasteiger partial charge is 0.330 e. The number of benzene rings is 1. The molecule has 0 aliphatic heterocycles. The number of rotatable bonds is 4. The number of halogens is 1. The van der Waals surface area contributed by atoms with Crippen LogP contribution in [0, 0.1) is 6.92 Å². The highest BCUT2D eigenvalue weighted by atomic mass is 35.5. The lowest BCUT2D eigenvalue weighted by molar-refractivity contribution is 0.822. The molecule has 1 aromatic carbocycles. The van der Waals surface area contributed by atoms with Gasteiger partial charge in [-0.2, -0.15) is 0 Å². The van der Waals surface area contributed by atoms with Gasteiger partial charge in [-0.1, -0.05) is 17.7 Å². The van der Waals surface area contributed by atoms with E-state index in [4.69, 9.17) is 17.3 Å². The van der Waals surface area contributed by atoms with Crippen LogP contribution in [0.2, 0.25) is 0 Å². The van der Waals surface area contributed by atoms with E-state index in [1.807, 2.05) is 16.7 Å². The summed E-state index contributed by atoms with van der Waals surface area (Å²) in [5.74, 6) is 1.94. The standard InChI is InChI=1S/C12H15ClN4/c1-9-2-4-10(5-3-9)17-11(6-7-14)15-16-12(17)8-13/h2-5H,6-8,14H2,1H3. The maximum Gasteiger partial charge on any atom is 0.152 e. The molecule has 5 heteroatoms. The van der Waals surface area contributed by atoms with Gasteiger partial charge in [-0.15, -0.1) is 21.8 Å². The highest BCUT2D eigenvalue weighted by molar-refractivity contribution is 6.16. The van der Waals surface area contributed by atoms with Gasteiger partial charge < -0.3 is 5.73 Å². The quantitative estimate of drug-likeness (QED) is 0.842. The van der Waals surface area contributed by atoms with Gasteiger partial charge in [0.05, 0.1) is 5.88 Å². The summed E-state index contributed by atoms with van der Waals surface area (Å²) in [6, 6.07) is 8.18. The zero-order valence-electron chi connectivity index (χ0n) is 9.73. The number of aryl methyl sites for hydroxylation is 1. The normalized spacial score (nSPS) is 10.8. The van der Waals surface area contributed by atoms with Crippen LogP contribution in [-0.2, 0) is 12.3 Å². The Morgan fingerprint density at radius 1 is 1.18 bits per heavy atom. The number of hydrogen-bond donors (Lipinski definition) is 1. The van der Waals surface area contributed by atoms with Gasteiger partial charge in [0, 0.05) is 12.1 Å². The second-order valence-electron chi connectivity index (χ2n) is 3.88. The minimum atomic E-state index is 0.339. The molecule has 90 valence electrons. The van der Waals surface area contributed by atoms with Crippen molar-refractivity contribution >= 4 is 11.6 Å². The molecule has 0 aliphatic rings. The molecule has 0 bridgehead atoms. The number of nitrogens with two attached hydrogens (primary N) is 1. The van der Waals surface area contributed by atoms with E-state index in [0.717, 1.165) is 17.3 Å². The Bertz CT molecular complexity index is 490. The second kappa shape index (κ2) is 5.29. The fourth-order valence-corrected chi connectivity index (χ4v) is 1.90. The molecule has 0 spiro atoms. The molecule has 17 heavy (non-hydrogen) atoms. The van der Waals surface area contributed by atoms with Gasteiger partial charge in [0.1, 0.15) is 5.82 Å². The second-order valence-corrected chi connectivity index (χ2v) is 4.14. The van der Waals surface area contributed by atoms with Gasteiger partial charge in [-0.05, 0) is 25.6 Å². The van der Waals surface area contributed by atoms with Gasteiger partial charge in [-0.3, -0.25) is 4.57 Å². The predicted octanol–water partition coefficient (Wildman–Crippen LogP) is 1.82. The maximum absolute atomic E-state index is 5.87. The Kier molecular flexibility index (Phi) is 3.76. The van der Waals surface area contributed by atoms with Gasteiger partial charge in [0.25, 0.3) is 0 Å². The van der Waals surface area contributed by atoms with E-state index in [1.54, 1.807) is 0 Å². The van der Waals surface area contributed by atoms with Crippen molar-refractivity contribution in [3.63, 3.8) is 0 Å². The number of hydrogen-bond acceptors (Lipinski definition) is 3. The zero-order chi connectivity index (χ0) is 12.3. The van der Waals surface area contributed by atoms with Crippen LogP contribution in [0.25, 0.3) is 5.69 Å². The first-order valence-corrected chi connectivity index (χ1v) is 6.06. The van der Waals surface area contributed by atoms with E-state index in [-0.39, 0.29) is 0 Å². The van der Waals surface area contributed by atoms with E-state index in [1.165, 1.54) is 5.56 Å². The van der Waals surface area contributed by atoms with Crippen LogP contribution in [-0.4, -0.2) is 21.3 Å². The van der Waals surface area contributed by atoms with E-state index in [0.29, 0.717) is 18.8 Å². The SMILES string of the molecule is Cc1ccc(-n2c(CCl)nnc2CCN)cc1. The molecule has 0 atom stereocenters. The molecule has 0 saturated carbocycles. The fraction of sp³-hybridized carbons (Fsp3) is 0.333. The molecule has 0 saturated heterocycles. The summed E-state index contributed by atoms with van der Waals surface area (Å²) in [4.78, 5) is 0. The average Bonchev–Trinajstić information content (AvgIpc) is 2.74. The van der Waals surface area contributed by atoms with Crippen molar-refractivity contribution in [1.29, 1.82) is 0 Å². The monoisotopic (exact) mass is 250 g/mol. The molecule has 0 unspecified atom stereocenters. The summed E-state index contributed by atoms with van der Waals surface area (Å²) >= 11 is 5.87. The minimum absolute atomic E-state index is 0.339. The molecule has 0 fully saturated rings. The lowest BCUT2D eigenvalue weighted by atomic mass is 10.2. The Balaban J connectivity index is 2.47. The summed E-state index contributed by atoms with van der Waals surface area (Å²) in [6.45, 7) is 2.60. The van der Waals surface area contributed by atoms with Crippen LogP contribution in [0.3, 0.4) is 0 Å². The molecule has 1 heterocycles. The van der Waals surface area contributed by atoms with Crippen molar-refractivity contribution in [2.45, 2.75) is 19.2 Å². The Hall–Kier alpha value is -1.39. The molecule has 2 rings (SSSR count). The van der Waals surface area contributed by atoms with E-state index >= 15 is 0 Å². The summed E-state index contributed by atoms with van der Waals surface area (Å²) < 4.78 is 1.97. The third kappa shape index (κ3) is 2.48. The maximum atomic E-state index is 5.87. The number of nitrogens with zero attached hydrogens (tertiary/aromatic N) is 3. The Morgan fingerprint density at radius 2 is 1.82 bits per heavy atom. The third-order valence-corrected chi connectivity index (χ3v) is 2.82. The van der Waals surface area contributed by atoms with Crippen molar-refractivity contribution in [1.82, 2.24) is 14.8 Å². The van der Waals surface area contributed by atoms with E-state index in [2.05, 4.69) is 29.3 Å². The average molecular weight is 251 g/mol. The van der Waals surface area contributed by atoms with Gasteiger partial charge >= 0.3 is 0 Å². The van der Waals surface area contributed by atoms with E-state index < -0.39 is 0 Å². The van der Waals surface area contributed by atoms with Crippen LogP contribution in [0.15, 0.2) is 24.3 Å². The first-order chi connectivity index (χ1) is 8.26. The topological polar surface area (TPSA) is 56.7 Å². The smallest absolute Gasteiger partial charge is 0.152 e. The zero-order valence-corrected chi connectivity index (χ0v) is 10.5. The number of aromatic nitrogens is 3. The highest BCUT2D eigenvalue weighted by Gasteiger charge is 2.11. The third-order valence-electron chi connectivity index (χ3n) is 2.58. The summed E-state index contributed by atoms with van der Waals surface area (Å²) in [5, 5.41) is 8.20. The van der Waals surface area contributed by atoms with Crippen molar-refractivity contribution < 1.29 is 0 Å². The van der Waals surface area contributed by atoms with E-state index in [9.17, 15) is 0 Å². The van der Waals surface area contributed by atoms with Gasteiger partial charge in [0.15, 0.2) is 5.82 Å². The summed E-state index contributed by atoms with van der Waals surface area (Å²) in [5.41, 5.74) is 7.81. The highest BCUT2D eigenvalue weighted by Crippen LogP contribution is 2.15. The molecule has 2 aromatic rings. The fourth-order valence-electron chi connectivity index (χ4n) is 1.72. The molecule has 1 aromatic heterocycles. The van der Waals surface area contributed by atoms with Gasteiger partial charge in [0.2, 0.25) is 0 Å². The molecule has 0 amide bonds. The minimum Gasteiger partial charge on any atom is -0.330 e. The molecule has 0 aliphatic carbocycles. The van der Waals surface area contributed by atoms with Crippen LogP contribution >= 0.6 is 11.6 Å². The van der Waals surface area contributed by atoms with Crippen LogP contribution < -0.4 is 5.73 Å². The van der Waals surface area contributed by atoms with Crippen LogP contribution in [0.1, 0.15) is 17.2 Å². The summed E-state index contributed by atoms with van der Waals surface area (Å²) in [6.07, 6.45) is 0.692. The van der Waals surface area contributed by atoms with Crippen molar-refractivity contribution in [2.75, 3.05) is 6.54 Å². The molecular formula is C12H15ClN4. The molecule has 4 nitrogen and oxygen atoms in total. The summed E-state index contributed by atoms with van der Waals surface area (Å²) in [7, 11) is 0. The molecule has 0 radical (unpaired) electrons. The first-order valence-electron chi connectivity index (χ1n) is 5.52. The first kappa shape index (κ1) is 12.1. The lowest BCUT2D eigenvalue weighted by Crippen LogP contribution is -2.10. The van der Waals surface area contributed by atoms with Crippen LogP contribution in [0.4, 0.5) is 0 Å². The van der Waals surface area contributed by atoms with Crippen molar-refractivity contribution in [2.24, 2.45) is 5.73 Å². The number of alkyl halides is 1. The van der Waals surface area contributed by atoms with Gasteiger partial charge in [-0.25, -0.2) is 0 Å². The van der Waals surface area contributed by atoms with Crippen molar-refractivity contribution in [3.8, 4) is 5.69 Å². The lowest BCUT2D eigenvalue weighted by Gasteiger charge is -2.09. The molecular weight excluding hydrogens is 236 g/mol. The molecule has 2 N–H and O–H groups in total. The Morgan fingerprint density at radius 3 is 2.41 bits per heavy atom. The Labute approximate surface area is 105 Å². The predicted molar refractivity (Wildman–Crippen MR) is 68.4 cm³/mol.